The van der Waals surface area contributed by atoms with Gasteiger partial charge in [-0.2, -0.15) is 4.31 Å². The van der Waals surface area contributed by atoms with Crippen LogP contribution in [-0.2, 0) is 33.7 Å². The molecule has 2 N–H and O–H groups in total. The fourth-order valence-electron chi connectivity index (χ4n) is 2.66. The second kappa shape index (κ2) is 9.05. The lowest BCUT2D eigenvalue weighted by molar-refractivity contribution is -0.116. The number of anilines is 2. The first kappa shape index (κ1) is 23.0. The molecule has 1 aromatic carbocycles. The maximum Gasteiger partial charge on any atom is 0.330 e. The highest BCUT2D eigenvalue weighted by Gasteiger charge is 2.29. The van der Waals surface area contributed by atoms with Crippen LogP contribution in [0.3, 0.4) is 0 Å². The third-order valence-corrected chi connectivity index (χ3v) is 6.10. The Morgan fingerprint density at radius 1 is 1.03 bits per heavy atom. The minimum absolute atomic E-state index is 0.0663. The summed E-state index contributed by atoms with van der Waals surface area (Å²) >= 11 is 0. The first-order valence-corrected chi connectivity index (χ1v) is 10.4. The molecule has 0 saturated heterocycles. The van der Waals surface area contributed by atoms with Gasteiger partial charge in [-0.15, -0.1) is 0 Å². The molecule has 0 aliphatic carbocycles. The van der Waals surface area contributed by atoms with Gasteiger partial charge in [0.2, 0.25) is 11.8 Å². The summed E-state index contributed by atoms with van der Waals surface area (Å²) in [6.07, 6.45) is 0.946. The molecular formula is C18H23N5O6S. The van der Waals surface area contributed by atoms with Crippen LogP contribution in [0.4, 0.5) is 11.4 Å². The number of benzene rings is 1. The molecule has 162 valence electrons. The Hall–Kier alpha value is -3.25. The number of hydrogen-bond donors (Lipinski definition) is 2. The molecule has 30 heavy (non-hydrogen) atoms. The van der Waals surface area contributed by atoms with Gasteiger partial charge in [-0.3, -0.25) is 19.0 Å². The van der Waals surface area contributed by atoms with Crippen LogP contribution < -0.4 is 21.9 Å². The number of likely N-dealkylation sites (N-methyl/N-ethyl adjacent to an activating group) is 1. The molecule has 0 aliphatic rings. The van der Waals surface area contributed by atoms with E-state index in [1.54, 1.807) is 24.3 Å². The maximum atomic E-state index is 12.9. The van der Waals surface area contributed by atoms with E-state index in [2.05, 4.69) is 10.6 Å². The van der Waals surface area contributed by atoms with Crippen LogP contribution in [0.5, 0.6) is 0 Å². The molecule has 0 fully saturated rings. The zero-order chi connectivity index (χ0) is 22.6. The first-order chi connectivity index (χ1) is 14.0. The minimum Gasteiger partial charge on any atom is -0.326 e. The second-order valence-electron chi connectivity index (χ2n) is 6.49. The highest BCUT2D eigenvalue weighted by Crippen LogP contribution is 2.15. The van der Waals surface area contributed by atoms with Crippen molar-refractivity contribution in [3.8, 4) is 0 Å². The number of nitrogens with zero attached hydrogens (tertiary/aromatic N) is 3. The number of sulfonamides is 1. The molecule has 0 radical (unpaired) electrons. The van der Waals surface area contributed by atoms with Crippen LogP contribution in [0.25, 0.3) is 0 Å². The molecule has 0 spiro atoms. The van der Waals surface area contributed by atoms with Gasteiger partial charge in [0.1, 0.15) is 0 Å². The quantitative estimate of drug-likeness (QED) is 0.609. The molecule has 0 unspecified atom stereocenters. The molecule has 0 saturated carbocycles. The van der Waals surface area contributed by atoms with Crippen LogP contribution in [0, 0.1) is 0 Å². The van der Waals surface area contributed by atoms with Crippen molar-refractivity contribution in [2.24, 2.45) is 14.1 Å². The van der Waals surface area contributed by atoms with Gasteiger partial charge in [0.25, 0.3) is 15.6 Å². The van der Waals surface area contributed by atoms with Crippen molar-refractivity contribution in [1.29, 1.82) is 0 Å². The van der Waals surface area contributed by atoms with E-state index in [1.807, 2.05) is 0 Å². The predicted molar refractivity (Wildman–Crippen MR) is 111 cm³/mol. The molecule has 0 bridgehead atoms. The summed E-state index contributed by atoms with van der Waals surface area (Å²) < 4.78 is 28.3. The standard InChI is InChI=1S/C18H23N5O6S/c1-5-23(30(28,29)15-10-21(3)18(27)22(4)17(15)26)11-16(25)20-14-8-6-13(7-9-14)19-12(2)24/h6-10H,5,11H2,1-4H3,(H,19,24)(H,20,25). The lowest BCUT2D eigenvalue weighted by Gasteiger charge is -2.20. The number of carbonyl (C=O) groups is 2. The fraction of sp³-hybridized carbons (Fsp3) is 0.333. The maximum absolute atomic E-state index is 12.9. The monoisotopic (exact) mass is 437 g/mol. The van der Waals surface area contributed by atoms with E-state index in [4.69, 9.17) is 0 Å². The second-order valence-corrected chi connectivity index (χ2v) is 8.40. The SMILES string of the molecule is CCN(CC(=O)Nc1ccc(NC(C)=O)cc1)S(=O)(=O)c1cn(C)c(=O)n(C)c1=O. The highest BCUT2D eigenvalue weighted by atomic mass is 32.2. The van der Waals surface area contributed by atoms with Crippen molar-refractivity contribution in [3.63, 3.8) is 0 Å². The van der Waals surface area contributed by atoms with Crippen molar-refractivity contribution < 1.29 is 18.0 Å². The van der Waals surface area contributed by atoms with Crippen molar-refractivity contribution in [2.75, 3.05) is 23.7 Å². The Balaban J connectivity index is 2.22. The van der Waals surface area contributed by atoms with Gasteiger partial charge >= 0.3 is 5.69 Å². The molecule has 0 atom stereocenters. The number of carbonyl (C=O) groups excluding carboxylic acids is 2. The van der Waals surface area contributed by atoms with E-state index < -0.39 is 38.6 Å². The van der Waals surface area contributed by atoms with Gasteiger partial charge < -0.3 is 15.2 Å². The summed E-state index contributed by atoms with van der Waals surface area (Å²) in [6, 6.07) is 6.27. The van der Waals surface area contributed by atoms with E-state index in [9.17, 15) is 27.6 Å². The summed E-state index contributed by atoms with van der Waals surface area (Å²) in [4.78, 5) is 46.9. The van der Waals surface area contributed by atoms with Crippen molar-refractivity contribution in [1.82, 2.24) is 13.4 Å². The molecule has 2 aromatic rings. The van der Waals surface area contributed by atoms with Crippen LogP contribution in [0.1, 0.15) is 13.8 Å². The number of nitrogens with one attached hydrogen (secondary N) is 2. The number of rotatable bonds is 7. The van der Waals surface area contributed by atoms with Crippen molar-refractivity contribution in [3.05, 3.63) is 51.3 Å². The fourth-order valence-corrected chi connectivity index (χ4v) is 4.21. The zero-order valence-electron chi connectivity index (χ0n) is 17.0. The molecule has 11 nitrogen and oxygen atoms in total. The summed E-state index contributed by atoms with van der Waals surface area (Å²) in [7, 11) is -1.81. The molecular weight excluding hydrogens is 414 g/mol. The van der Waals surface area contributed by atoms with E-state index in [-0.39, 0.29) is 12.5 Å². The average molecular weight is 437 g/mol. The summed E-state index contributed by atoms with van der Waals surface area (Å²) in [5.41, 5.74) is -0.683. The number of aryl methyl sites for hydroxylation is 1. The third-order valence-electron chi connectivity index (χ3n) is 4.19. The van der Waals surface area contributed by atoms with E-state index in [1.165, 1.54) is 27.9 Å². The smallest absolute Gasteiger partial charge is 0.326 e. The largest absolute Gasteiger partial charge is 0.330 e. The summed E-state index contributed by atoms with van der Waals surface area (Å²) in [5.74, 6) is -0.852. The van der Waals surface area contributed by atoms with Gasteiger partial charge in [-0.25, -0.2) is 13.2 Å². The van der Waals surface area contributed by atoms with Gasteiger partial charge in [0, 0.05) is 45.1 Å². The number of aromatic nitrogens is 2. The normalized spacial score (nSPS) is 11.4. The highest BCUT2D eigenvalue weighted by molar-refractivity contribution is 7.89. The lowest BCUT2D eigenvalue weighted by Crippen LogP contribution is -2.44. The third kappa shape index (κ3) is 5.02. The van der Waals surface area contributed by atoms with E-state index in [0.29, 0.717) is 15.9 Å². The molecule has 12 heteroatoms. The Kier molecular flexibility index (Phi) is 6.95. The Bertz CT molecular complexity index is 1180. The van der Waals surface area contributed by atoms with Crippen molar-refractivity contribution >= 4 is 33.2 Å². The van der Waals surface area contributed by atoms with Crippen LogP contribution in [0.15, 0.2) is 44.9 Å². The Morgan fingerprint density at radius 2 is 1.57 bits per heavy atom. The topological polar surface area (TPSA) is 140 Å². The predicted octanol–water partition coefficient (Wildman–Crippen LogP) is -0.308. The summed E-state index contributed by atoms with van der Waals surface area (Å²) in [6.45, 7) is 2.30. The molecule has 2 amide bonds. The Morgan fingerprint density at radius 3 is 2.07 bits per heavy atom. The molecule has 0 aliphatic heterocycles. The molecule has 1 aromatic heterocycles. The summed E-state index contributed by atoms with van der Waals surface area (Å²) in [5, 5.41) is 5.15. The van der Waals surface area contributed by atoms with Gasteiger partial charge in [-0.05, 0) is 24.3 Å². The van der Waals surface area contributed by atoms with Gasteiger partial charge in [0.15, 0.2) is 4.90 Å². The minimum atomic E-state index is -4.32. The lowest BCUT2D eigenvalue weighted by atomic mass is 10.2. The van der Waals surface area contributed by atoms with Crippen LogP contribution in [0.2, 0.25) is 0 Å². The first-order valence-electron chi connectivity index (χ1n) is 8.91. The van der Waals surface area contributed by atoms with E-state index >= 15 is 0 Å². The number of hydrogen-bond acceptors (Lipinski definition) is 6. The van der Waals surface area contributed by atoms with Crippen molar-refractivity contribution in [2.45, 2.75) is 18.7 Å². The van der Waals surface area contributed by atoms with Gasteiger partial charge in [-0.1, -0.05) is 6.92 Å². The van der Waals surface area contributed by atoms with Crippen LogP contribution in [-0.4, -0.2) is 46.8 Å². The van der Waals surface area contributed by atoms with Gasteiger partial charge in [0.05, 0.1) is 6.54 Å². The van der Waals surface area contributed by atoms with E-state index in [0.717, 1.165) is 15.1 Å². The number of amides is 2. The zero-order valence-corrected chi connectivity index (χ0v) is 17.8. The average Bonchev–Trinajstić information content (AvgIpc) is 2.68. The Labute approximate surface area is 173 Å². The molecule has 2 rings (SSSR count). The van der Waals surface area contributed by atoms with Crippen LogP contribution >= 0.6 is 0 Å². The molecule has 1 heterocycles.